The Kier molecular flexibility index (Phi) is 3.40. The van der Waals surface area contributed by atoms with Gasteiger partial charge in [-0.25, -0.2) is 4.98 Å². The van der Waals surface area contributed by atoms with Crippen LogP contribution in [0, 0.1) is 0 Å². The summed E-state index contributed by atoms with van der Waals surface area (Å²) in [5, 5.41) is 19.3. The van der Waals surface area contributed by atoms with Gasteiger partial charge in [-0.05, 0) is 0 Å². The number of nitrogen functional groups attached to an aromatic ring is 1. The number of ether oxygens (including phenoxy) is 1. The molecule has 2 aromatic rings. The Labute approximate surface area is 121 Å². The van der Waals surface area contributed by atoms with Crippen LogP contribution in [-0.2, 0) is 4.74 Å². The lowest BCUT2D eigenvalue weighted by atomic mass is 10.2. The van der Waals surface area contributed by atoms with Crippen LogP contribution in [0.1, 0.15) is 12.6 Å². The fraction of sp³-hybridized carbons (Fsp3) is 0.583. The highest BCUT2D eigenvalue weighted by atomic mass is 16.5. The Morgan fingerprint density at radius 1 is 1.48 bits per heavy atom. The van der Waals surface area contributed by atoms with Gasteiger partial charge in [-0.1, -0.05) is 0 Å². The van der Waals surface area contributed by atoms with Gasteiger partial charge in [0.05, 0.1) is 19.0 Å². The number of hydrogen-bond donors (Lipinski definition) is 3. The van der Waals surface area contributed by atoms with Crippen molar-refractivity contribution in [2.24, 2.45) is 0 Å². The lowest BCUT2D eigenvalue weighted by Crippen LogP contribution is -2.20. The minimum absolute atomic E-state index is 0.124. The molecule has 1 aliphatic rings. The predicted molar refractivity (Wildman–Crippen MR) is 75.7 cm³/mol. The lowest BCUT2D eigenvalue weighted by molar-refractivity contribution is -0.0486. The fourth-order valence-electron chi connectivity index (χ4n) is 2.51. The first kappa shape index (κ1) is 14.0. The fourth-order valence-corrected chi connectivity index (χ4v) is 2.51. The van der Waals surface area contributed by atoms with Crippen molar-refractivity contribution in [1.29, 1.82) is 0 Å². The molecule has 0 saturated carbocycles. The van der Waals surface area contributed by atoms with E-state index in [4.69, 9.17) is 15.6 Å². The molecule has 0 radical (unpaired) electrons. The smallest absolute Gasteiger partial charge is 0.224 e. The number of rotatable bonds is 3. The molecule has 1 saturated heterocycles. The molecule has 1 fully saturated rings. The number of fused-ring (bicyclic) bond motifs is 1. The summed E-state index contributed by atoms with van der Waals surface area (Å²) in [6, 6.07) is 0. The molecule has 9 nitrogen and oxygen atoms in total. The van der Waals surface area contributed by atoms with Gasteiger partial charge in [-0.15, -0.1) is 0 Å². The Balaban J connectivity index is 2.08. The number of hydrogen-bond acceptors (Lipinski definition) is 8. The average molecular weight is 294 g/mol. The molecule has 21 heavy (non-hydrogen) atoms. The number of nitrogens with zero attached hydrogens (tertiary/aromatic N) is 5. The standard InChI is InChI=1S/C12H18N6O3/c1-17(2)9-8-10(16-12(13)15-9)18(5-14-8)11-7(20)3-6(4-19)21-11/h5-7,11,19-20H,3-4H2,1-2H3,(H2,13,15,16)/t6-,7-,11-/m1/s1. The van der Waals surface area contributed by atoms with Crippen LogP contribution in [0.3, 0.4) is 0 Å². The van der Waals surface area contributed by atoms with Crippen LogP contribution in [-0.4, -0.2) is 62.6 Å². The maximum absolute atomic E-state index is 10.1. The Morgan fingerprint density at radius 2 is 2.24 bits per heavy atom. The number of aromatic nitrogens is 4. The Bertz CT molecular complexity index is 658. The van der Waals surface area contributed by atoms with Crippen LogP contribution in [0.25, 0.3) is 11.2 Å². The van der Waals surface area contributed by atoms with Gasteiger partial charge in [0.2, 0.25) is 5.95 Å². The quantitative estimate of drug-likeness (QED) is 0.666. The van der Waals surface area contributed by atoms with Gasteiger partial charge in [0, 0.05) is 20.5 Å². The molecule has 4 N–H and O–H groups in total. The predicted octanol–water partition coefficient (Wildman–Crippen LogP) is -0.885. The molecule has 2 aromatic heterocycles. The third-order valence-corrected chi connectivity index (χ3v) is 3.49. The second-order valence-electron chi connectivity index (χ2n) is 5.26. The maximum Gasteiger partial charge on any atom is 0.224 e. The van der Waals surface area contributed by atoms with Gasteiger partial charge in [-0.2, -0.15) is 9.97 Å². The summed E-state index contributed by atoms with van der Waals surface area (Å²) >= 11 is 0. The lowest BCUT2D eigenvalue weighted by Gasteiger charge is -2.17. The van der Waals surface area contributed by atoms with Crippen LogP contribution in [0.5, 0.6) is 0 Å². The van der Waals surface area contributed by atoms with Crippen LogP contribution < -0.4 is 10.6 Å². The minimum atomic E-state index is -0.737. The van der Waals surface area contributed by atoms with E-state index in [0.717, 1.165) is 0 Å². The summed E-state index contributed by atoms with van der Waals surface area (Å²) in [5.41, 5.74) is 6.82. The van der Waals surface area contributed by atoms with Crippen molar-refractivity contribution in [3.63, 3.8) is 0 Å². The van der Waals surface area contributed by atoms with Gasteiger partial charge >= 0.3 is 0 Å². The normalized spacial score (nSPS) is 25.6. The molecule has 114 valence electrons. The van der Waals surface area contributed by atoms with E-state index in [1.54, 1.807) is 15.8 Å². The highest BCUT2D eigenvalue weighted by Gasteiger charge is 2.36. The summed E-state index contributed by atoms with van der Waals surface area (Å²) in [6.07, 6.45) is 0.131. The summed E-state index contributed by atoms with van der Waals surface area (Å²) in [4.78, 5) is 14.4. The van der Waals surface area contributed by atoms with Gasteiger partial charge in [0.15, 0.2) is 23.2 Å². The summed E-state index contributed by atoms with van der Waals surface area (Å²) in [6.45, 7) is -0.139. The Morgan fingerprint density at radius 3 is 2.86 bits per heavy atom. The first-order valence-electron chi connectivity index (χ1n) is 6.63. The van der Waals surface area contributed by atoms with Crippen molar-refractivity contribution >= 4 is 22.9 Å². The van der Waals surface area contributed by atoms with Gasteiger partial charge in [0.1, 0.15) is 6.10 Å². The molecule has 0 aliphatic carbocycles. The van der Waals surface area contributed by atoms with E-state index in [9.17, 15) is 5.11 Å². The molecule has 0 spiro atoms. The molecular formula is C12H18N6O3. The summed E-state index contributed by atoms with van der Waals surface area (Å²) in [5.74, 6) is 0.724. The van der Waals surface area contributed by atoms with E-state index in [1.807, 2.05) is 14.1 Å². The SMILES string of the molecule is CN(C)c1nc(N)nc2c1ncn2[C@@H]1O[C@@H](CO)C[C@H]1O. The van der Waals surface area contributed by atoms with E-state index in [-0.39, 0.29) is 12.6 Å². The van der Waals surface area contributed by atoms with Gasteiger partial charge in [0.25, 0.3) is 0 Å². The summed E-state index contributed by atoms with van der Waals surface area (Å²) in [7, 11) is 3.67. The van der Waals surface area contributed by atoms with E-state index in [2.05, 4.69) is 15.0 Å². The number of anilines is 2. The van der Waals surface area contributed by atoms with Crippen molar-refractivity contribution in [3.8, 4) is 0 Å². The largest absolute Gasteiger partial charge is 0.394 e. The van der Waals surface area contributed by atoms with Crippen LogP contribution in [0.15, 0.2) is 6.33 Å². The second-order valence-corrected chi connectivity index (χ2v) is 5.26. The van der Waals surface area contributed by atoms with Crippen molar-refractivity contribution in [3.05, 3.63) is 6.33 Å². The zero-order valence-corrected chi connectivity index (χ0v) is 11.8. The molecule has 9 heteroatoms. The number of imidazole rings is 1. The van der Waals surface area contributed by atoms with E-state index < -0.39 is 18.4 Å². The molecule has 0 bridgehead atoms. The number of aliphatic hydroxyl groups is 2. The monoisotopic (exact) mass is 294 g/mol. The summed E-state index contributed by atoms with van der Waals surface area (Å²) < 4.78 is 7.25. The molecule has 3 heterocycles. The number of nitrogens with two attached hydrogens (primary N) is 1. The van der Waals surface area contributed by atoms with Crippen molar-refractivity contribution in [1.82, 2.24) is 19.5 Å². The van der Waals surface area contributed by atoms with Crippen molar-refractivity contribution < 1.29 is 14.9 Å². The van der Waals surface area contributed by atoms with Crippen LogP contribution >= 0.6 is 0 Å². The third kappa shape index (κ3) is 2.28. The topological polar surface area (TPSA) is 123 Å². The average Bonchev–Trinajstić information content (AvgIpc) is 3.00. The van der Waals surface area contributed by atoms with Crippen LogP contribution in [0.2, 0.25) is 0 Å². The molecule has 3 rings (SSSR count). The molecule has 0 unspecified atom stereocenters. The number of aliphatic hydroxyl groups excluding tert-OH is 2. The van der Waals surface area contributed by atoms with Gasteiger partial charge in [-0.3, -0.25) is 4.57 Å². The maximum atomic E-state index is 10.1. The van der Waals surface area contributed by atoms with Crippen molar-refractivity contribution in [2.75, 3.05) is 31.3 Å². The highest BCUT2D eigenvalue weighted by Crippen LogP contribution is 2.32. The molecule has 3 atom stereocenters. The van der Waals surface area contributed by atoms with Crippen LogP contribution in [0.4, 0.5) is 11.8 Å². The zero-order valence-electron chi connectivity index (χ0n) is 11.8. The molecule has 1 aliphatic heterocycles. The molecule has 0 amide bonds. The Hall–Kier alpha value is -1.97. The van der Waals surface area contributed by atoms with E-state index >= 15 is 0 Å². The minimum Gasteiger partial charge on any atom is -0.394 e. The van der Waals surface area contributed by atoms with Gasteiger partial charge < -0.3 is 25.6 Å². The first-order valence-corrected chi connectivity index (χ1v) is 6.63. The first-order chi connectivity index (χ1) is 10.0. The molecule has 0 aromatic carbocycles. The van der Waals surface area contributed by atoms with E-state index in [0.29, 0.717) is 23.4 Å². The third-order valence-electron chi connectivity index (χ3n) is 3.49. The highest BCUT2D eigenvalue weighted by molar-refractivity contribution is 5.84. The second kappa shape index (κ2) is 5.10. The zero-order chi connectivity index (χ0) is 15.1. The van der Waals surface area contributed by atoms with Crippen molar-refractivity contribution in [2.45, 2.75) is 24.9 Å². The van der Waals surface area contributed by atoms with E-state index in [1.165, 1.54) is 0 Å². The molecular weight excluding hydrogens is 276 g/mol.